The summed E-state index contributed by atoms with van der Waals surface area (Å²) in [5.41, 5.74) is -4.44. The van der Waals surface area contributed by atoms with Crippen LogP contribution in [0.25, 0.3) is 0 Å². The van der Waals surface area contributed by atoms with E-state index in [1.807, 2.05) is 13.8 Å². The van der Waals surface area contributed by atoms with Crippen molar-refractivity contribution in [1.82, 2.24) is 0 Å². The fraction of sp³-hybridized carbons (Fsp3) is 0.914. The molecular weight excluding hydrogens is 683 g/mol. The van der Waals surface area contributed by atoms with Gasteiger partial charge >= 0.3 is 275 Å². The molecule has 4 fully saturated rings. The Morgan fingerprint density at radius 2 is 1.52 bits per heavy atom. The summed E-state index contributed by atoms with van der Waals surface area (Å²) in [4.78, 5) is 41.3. The summed E-state index contributed by atoms with van der Waals surface area (Å²) in [6.07, 6.45) is 5.83. The molecule has 0 aromatic heterocycles. The summed E-state index contributed by atoms with van der Waals surface area (Å²) in [6.45, 7) is 20.3. The molecule has 1 N–H and O–H groups in total. The second-order valence-corrected chi connectivity index (χ2v) is 35.0. The molecule has 1 aliphatic heterocycles. The van der Waals surface area contributed by atoms with Crippen LogP contribution >= 0.6 is 8.95 Å². The molecule has 0 radical (unpaired) electrons. The van der Waals surface area contributed by atoms with Crippen molar-refractivity contribution in [3.05, 3.63) is 0 Å². The van der Waals surface area contributed by atoms with Crippen LogP contribution in [0.1, 0.15) is 127 Å². The monoisotopic (exact) mass is 744 g/mol. The van der Waals surface area contributed by atoms with Crippen LogP contribution in [0.5, 0.6) is 0 Å². The molecule has 1 spiro atoms. The SMILES string of the molecule is CCC[CH2][Sn]([CH2]CCC)([CH2]CCC)[S]C(=O)O[C@H]1CCC(C)(C)[C@@H]2[C@H](O)[C@H](OC(C)=O)[C@@]3(C)O[C@@]4(C)CC(=O)C3([C@@H]4C)[C@@]12C. The summed E-state index contributed by atoms with van der Waals surface area (Å²) >= 11 is -2.94. The number of ketones is 1. The molecule has 1 unspecified atom stereocenters. The minimum absolute atomic E-state index is 0.0755. The van der Waals surface area contributed by atoms with Gasteiger partial charge in [0.25, 0.3) is 0 Å². The molecule has 1 saturated heterocycles. The van der Waals surface area contributed by atoms with E-state index in [1.54, 1.807) is 8.95 Å². The summed E-state index contributed by atoms with van der Waals surface area (Å²) in [5, 5.41) is 12.1. The number of carbonyl (C=O) groups excluding carboxylic acids is 3. The quantitative estimate of drug-likeness (QED) is 0.157. The number of rotatable bonds is 12. The summed E-state index contributed by atoms with van der Waals surface area (Å²) in [7, 11) is 1.60. The van der Waals surface area contributed by atoms with Crippen LogP contribution in [0.15, 0.2) is 0 Å². The first kappa shape index (κ1) is 36.5. The Bertz CT molecular complexity index is 1090. The molecule has 2 bridgehead atoms. The number of unbranched alkanes of at least 4 members (excludes halogenated alkanes) is 3. The number of carbonyl (C=O) groups is 3. The molecule has 4 aliphatic rings. The van der Waals surface area contributed by atoms with Crippen LogP contribution < -0.4 is 0 Å². The molecule has 9 atom stereocenters. The van der Waals surface area contributed by atoms with Crippen molar-refractivity contribution in [2.24, 2.45) is 28.1 Å². The van der Waals surface area contributed by atoms with E-state index in [1.165, 1.54) is 20.2 Å². The van der Waals surface area contributed by atoms with E-state index >= 15 is 0 Å². The maximum atomic E-state index is 14.6. The molecule has 44 heavy (non-hydrogen) atoms. The fourth-order valence-corrected chi connectivity index (χ4v) is 31.4. The molecule has 0 amide bonds. The average Bonchev–Trinajstić information content (AvgIpc) is 3.24. The molecule has 0 aromatic rings. The Labute approximate surface area is 273 Å². The van der Waals surface area contributed by atoms with E-state index in [0.29, 0.717) is 6.42 Å². The van der Waals surface area contributed by atoms with Gasteiger partial charge in [0.05, 0.1) is 0 Å². The Balaban J connectivity index is 1.81. The molecule has 7 nitrogen and oxygen atoms in total. The zero-order valence-corrected chi connectivity index (χ0v) is 32.8. The van der Waals surface area contributed by atoms with Crippen LogP contribution in [0, 0.1) is 28.1 Å². The third-order valence-electron chi connectivity index (χ3n) is 12.8. The third kappa shape index (κ3) is 5.43. The van der Waals surface area contributed by atoms with Crippen molar-refractivity contribution in [2.45, 2.75) is 170 Å². The average molecular weight is 744 g/mol. The van der Waals surface area contributed by atoms with E-state index in [4.69, 9.17) is 14.2 Å². The molecule has 3 saturated carbocycles. The van der Waals surface area contributed by atoms with Crippen molar-refractivity contribution in [1.29, 1.82) is 0 Å². The van der Waals surface area contributed by atoms with Gasteiger partial charge in [-0.3, -0.25) is 0 Å². The van der Waals surface area contributed by atoms with Gasteiger partial charge < -0.3 is 0 Å². The van der Waals surface area contributed by atoms with E-state index in [-0.39, 0.29) is 23.4 Å². The van der Waals surface area contributed by atoms with Gasteiger partial charge in [0.2, 0.25) is 0 Å². The molecule has 1 heterocycles. The predicted octanol–water partition coefficient (Wildman–Crippen LogP) is 8.46. The Morgan fingerprint density at radius 1 is 0.977 bits per heavy atom. The van der Waals surface area contributed by atoms with E-state index in [9.17, 15) is 19.5 Å². The van der Waals surface area contributed by atoms with Crippen LogP contribution in [-0.2, 0) is 23.8 Å². The second-order valence-electron chi connectivity index (χ2n) is 15.9. The van der Waals surface area contributed by atoms with Crippen LogP contribution in [0.2, 0.25) is 13.3 Å². The zero-order chi connectivity index (χ0) is 32.9. The molecule has 4 rings (SSSR count). The number of Topliss-reactive ketones (excluding diaryl/α,β-unsaturated/α-hetero) is 1. The fourth-order valence-electron chi connectivity index (χ4n) is 11.0. The van der Waals surface area contributed by atoms with Gasteiger partial charge in [-0.25, -0.2) is 0 Å². The summed E-state index contributed by atoms with van der Waals surface area (Å²) < 4.78 is 23.0. The number of hydrogen-bond acceptors (Lipinski definition) is 8. The molecule has 9 heteroatoms. The first-order valence-corrected chi connectivity index (χ1v) is 27.8. The van der Waals surface area contributed by atoms with Crippen LogP contribution in [-0.4, -0.2) is 68.7 Å². The number of hydrogen-bond donors (Lipinski definition) is 1. The minimum atomic E-state index is -2.94. The van der Waals surface area contributed by atoms with Gasteiger partial charge in [0.15, 0.2) is 0 Å². The zero-order valence-electron chi connectivity index (χ0n) is 29.2. The van der Waals surface area contributed by atoms with Crippen LogP contribution in [0.3, 0.4) is 0 Å². The summed E-state index contributed by atoms with van der Waals surface area (Å²) in [5.74, 6) is -1.10. The number of esters is 1. The third-order valence-corrected chi connectivity index (χ3v) is 33.6. The van der Waals surface area contributed by atoms with Gasteiger partial charge in [-0.1, -0.05) is 0 Å². The standard InChI is InChI=1S/C23H34O7S.3C4H9.Sn/c1-11-20(5)10-13(25)23(11)21(6)14(29-18(27)31)8-9-19(3,4)16(21)15(26)17(28-12(2)24)22(23,7)30-20;3*1-3-4-2;/h11,14-17,26H,8-10H2,1-7H3,(H,27,31);3*1,3-4H2,2H3;/q;;;;+1/p-1/t11-,14+,15+,16+,17+,20+,21+,22-,23?;;;;/m1..../s1. The van der Waals surface area contributed by atoms with Crippen molar-refractivity contribution in [3.63, 3.8) is 0 Å². The van der Waals surface area contributed by atoms with Gasteiger partial charge in [0, 0.05) is 0 Å². The van der Waals surface area contributed by atoms with Gasteiger partial charge in [-0.2, -0.15) is 0 Å². The Morgan fingerprint density at radius 3 is 2.00 bits per heavy atom. The number of aliphatic hydroxyl groups excluding tert-OH is 1. The van der Waals surface area contributed by atoms with Crippen molar-refractivity contribution in [2.75, 3.05) is 0 Å². The Hall–Kier alpha value is -0.321. The molecule has 252 valence electrons. The molecular formula is C35H60O7SSn. The summed E-state index contributed by atoms with van der Waals surface area (Å²) in [6, 6.07) is 0. The molecule has 3 aliphatic carbocycles. The maximum absolute atomic E-state index is 14.6. The van der Waals surface area contributed by atoms with Crippen molar-refractivity contribution in [3.8, 4) is 0 Å². The number of fused-ring (bicyclic) bond motifs is 2. The first-order chi connectivity index (χ1) is 20.5. The van der Waals surface area contributed by atoms with Crippen molar-refractivity contribution >= 4 is 43.0 Å². The predicted molar refractivity (Wildman–Crippen MR) is 178 cm³/mol. The van der Waals surface area contributed by atoms with Gasteiger partial charge in [-0.05, 0) is 0 Å². The second kappa shape index (κ2) is 12.9. The molecule has 0 aromatic carbocycles. The van der Waals surface area contributed by atoms with E-state index < -0.39 is 74.6 Å². The van der Waals surface area contributed by atoms with Crippen molar-refractivity contribution < 1.29 is 33.7 Å². The first-order valence-electron chi connectivity index (χ1n) is 17.4. The van der Waals surface area contributed by atoms with Gasteiger partial charge in [-0.15, -0.1) is 0 Å². The van der Waals surface area contributed by atoms with Crippen LogP contribution in [0.4, 0.5) is 4.79 Å². The number of aliphatic hydroxyl groups is 1. The van der Waals surface area contributed by atoms with E-state index in [2.05, 4.69) is 48.5 Å². The normalized spacial score (nSPS) is 40.8. The van der Waals surface area contributed by atoms with Gasteiger partial charge in [0.1, 0.15) is 0 Å². The Kier molecular flexibility index (Phi) is 10.7. The topological polar surface area (TPSA) is 99.1 Å². The van der Waals surface area contributed by atoms with E-state index in [0.717, 1.165) is 44.9 Å². The number of ether oxygens (including phenoxy) is 3.